The Hall–Kier alpha value is -0.830. The molecule has 0 spiro atoms. The van der Waals surface area contributed by atoms with Crippen LogP contribution in [0.5, 0.6) is 0 Å². The standard InChI is InChI=1S/C11H23O9P/c1-3-5-10(12)18-7-9(20-11(13)6-4-2)8-19-21(14,15,16)17/h9,14-17H,3-8H2,1-2H3. The number of esters is 2. The van der Waals surface area contributed by atoms with E-state index in [1.165, 1.54) is 0 Å². The summed E-state index contributed by atoms with van der Waals surface area (Å²) in [5.74, 6) is -1.13. The van der Waals surface area contributed by atoms with Crippen LogP contribution in [0.25, 0.3) is 0 Å². The van der Waals surface area contributed by atoms with E-state index >= 15 is 0 Å². The van der Waals surface area contributed by atoms with E-state index in [0.717, 1.165) is 0 Å². The van der Waals surface area contributed by atoms with Crippen LogP contribution in [0.4, 0.5) is 0 Å². The summed E-state index contributed by atoms with van der Waals surface area (Å²) in [7, 11) is -6.15. The van der Waals surface area contributed by atoms with Gasteiger partial charge >= 0.3 is 122 Å². The first-order valence-corrected chi connectivity index (χ1v) is 8.52. The summed E-state index contributed by atoms with van der Waals surface area (Å²) < 4.78 is 13.8. The Morgan fingerprint density at radius 1 is 0.952 bits per heavy atom. The molecule has 0 rings (SSSR count). The number of ether oxygens (including phenoxy) is 2. The summed E-state index contributed by atoms with van der Waals surface area (Å²) in [6, 6.07) is 0. The Morgan fingerprint density at radius 2 is 1.48 bits per heavy atom. The van der Waals surface area contributed by atoms with Gasteiger partial charge in [-0.15, -0.1) is 0 Å². The van der Waals surface area contributed by atoms with Crippen LogP contribution >= 0.6 is 7.74 Å². The van der Waals surface area contributed by atoms with Crippen LogP contribution in [0.15, 0.2) is 0 Å². The second-order valence-corrected chi connectivity index (χ2v) is 6.44. The van der Waals surface area contributed by atoms with E-state index in [9.17, 15) is 9.59 Å². The summed E-state index contributed by atoms with van der Waals surface area (Å²) in [6.07, 6.45) is 0.217. The quantitative estimate of drug-likeness (QED) is 0.325. The van der Waals surface area contributed by atoms with Gasteiger partial charge in [-0.2, -0.15) is 0 Å². The molecule has 9 nitrogen and oxygen atoms in total. The van der Waals surface area contributed by atoms with Crippen LogP contribution in [-0.2, 0) is 23.6 Å². The molecule has 0 aliphatic heterocycles. The molecule has 0 heterocycles. The molecule has 4 N–H and O–H groups in total. The van der Waals surface area contributed by atoms with Gasteiger partial charge < -0.3 is 0 Å². The van der Waals surface area contributed by atoms with E-state index in [0.29, 0.717) is 12.8 Å². The van der Waals surface area contributed by atoms with Crippen molar-refractivity contribution >= 4 is 19.7 Å². The molecular formula is C11H23O9P. The summed E-state index contributed by atoms with van der Waals surface area (Å²) in [5, 5.41) is 0. The van der Waals surface area contributed by atoms with Crippen LogP contribution in [-0.4, -0.2) is 50.8 Å². The van der Waals surface area contributed by atoms with E-state index in [-0.39, 0.29) is 19.4 Å². The summed E-state index contributed by atoms with van der Waals surface area (Å²) in [4.78, 5) is 57.6. The Bertz CT molecular complexity index is 340. The van der Waals surface area contributed by atoms with Crippen molar-refractivity contribution in [3.05, 3.63) is 0 Å². The van der Waals surface area contributed by atoms with Crippen molar-refractivity contribution in [2.75, 3.05) is 13.2 Å². The van der Waals surface area contributed by atoms with E-state index < -0.39 is 32.4 Å². The van der Waals surface area contributed by atoms with Crippen LogP contribution in [0.2, 0.25) is 0 Å². The first-order chi connectivity index (χ1) is 9.53. The number of carbonyl (C=O) groups is 2. The van der Waals surface area contributed by atoms with Gasteiger partial charge in [-0.05, 0) is 0 Å². The van der Waals surface area contributed by atoms with Crippen molar-refractivity contribution in [1.29, 1.82) is 0 Å². The summed E-state index contributed by atoms with van der Waals surface area (Å²) in [6.45, 7) is 2.40. The normalized spacial score (nSPS) is 14.9. The molecule has 10 heteroatoms. The van der Waals surface area contributed by atoms with Gasteiger partial charge in [-0.3, -0.25) is 0 Å². The number of rotatable bonds is 10. The third-order valence-corrected chi connectivity index (χ3v) is 2.74. The fourth-order valence-corrected chi connectivity index (χ4v) is 1.68. The zero-order valence-corrected chi connectivity index (χ0v) is 13.0. The molecule has 0 aromatic carbocycles. The Morgan fingerprint density at radius 3 is 1.95 bits per heavy atom. The SMILES string of the molecule is CCCC(=O)OCC(COP(O)(O)(O)O)OC(=O)CCC. The molecule has 1 unspecified atom stereocenters. The number of carbonyl (C=O) groups excluding carboxylic acids is 2. The minimum atomic E-state index is -6.15. The van der Waals surface area contributed by atoms with Gasteiger partial charge in [0.15, 0.2) is 0 Å². The molecule has 0 amide bonds. The maximum atomic E-state index is 11.4. The van der Waals surface area contributed by atoms with Crippen LogP contribution in [0.3, 0.4) is 0 Å². The maximum absolute atomic E-state index is 11.4. The summed E-state index contributed by atoms with van der Waals surface area (Å²) in [5.41, 5.74) is 0. The minimum absolute atomic E-state index is 0.111. The van der Waals surface area contributed by atoms with Crippen LogP contribution < -0.4 is 0 Å². The molecule has 0 aromatic rings. The van der Waals surface area contributed by atoms with Crippen LogP contribution in [0, 0.1) is 0 Å². The predicted molar refractivity (Wildman–Crippen MR) is 72.4 cm³/mol. The summed E-state index contributed by atoms with van der Waals surface area (Å²) >= 11 is 0. The molecule has 126 valence electrons. The van der Waals surface area contributed by atoms with Crippen molar-refractivity contribution in [2.24, 2.45) is 0 Å². The molecule has 0 radical (unpaired) electrons. The third-order valence-electron chi connectivity index (χ3n) is 2.13. The van der Waals surface area contributed by atoms with Gasteiger partial charge in [-0.1, -0.05) is 0 Å². The fraction of sp³-hybridized carbons (Fsp3) is 0.818. The fourth-order valence-electron chi connectivity index (χ4n) is 1.24. The average Bonchev–Trinajstić information content (AvgIpc) is 2.31. The van der Waals surface area contributed by atoms with Gasteiger partial charge in [0.05, 0.1) is 0 Å². The number of hydrogen-bond acceptors (Lipinski definition) is 9. The molecule has 1 atom stereocenters. The zero-order chi connectivity index (χ0) is 16.5. The van der Waals surface area contributed by atoms with Crippen molar-refractivity contribution in [2.45, 2.75) is 45.6 Å². The van der Waals surface area contributed by atoms with E-state index in [2.05, 4.69) is 4.52 Å². The van der Waals surface area contributed by atoms with Crippen LogP contribution in [0.1, 0.15) is 39.5 Å². The van der Waals surface area contributed by atoms with Crippen molar-refractivity contribution in [3.8, 4) is 0 Å². The van der Waals surface area contributed by atoms with E-state index in [1.807, 2.05) is 0 Å². The molecule has 21 heavy (non-hydrogen) atoms. The topological polar surface area (TPSA) is 143 Å². The monoisotopic (exact) mass is 330 g/mol. The predicted octanol–water partition coefficient (Wildman–Crippen LogP) is 0.156. The molecule has 0 bridgehead atoms. The van der Waals surface area contributed by atoms with Gasteiger partial charge in [0, 0.05) is 0 Å². The second-order valence-electron chi connectivity index (χ2n) is 4.45. The first kappa shape index (κ1) is 20.2. The average molecular weight is 330 g/mol. The molecular weight excluding hydrogens is 307 g/mol. The molecule has 0 saturated heterocycles. The second kappa shape index (κ2) is 8.57. The molecule has 0 fully saturated rings. The number of hydrogen-bond donors (Lipinski definition) is 4. The van der Waals surface area contributed by atoms with E-state index in [4.69, 9.17) is 29.0 Å². The van der Waals surface area contributed by atoms with Gasteiger partial charge in [0.2, 0.25) is 0 Å². The van der Waals surface area contributed by atoms with Crippen molar-refractivity contribution < 1.29 is 43.2 Å². The molecule has 0 saturated carbocycles. The Balaban J connectivity index is 4.47. The zero-order valence-electron chi connectivity index (χ0n) is 12.1. The molecule has 0 aliphatic rings. The first-order valence-electron chi connectivity index (χ1n) is 6.55. The van der Waals surface area contributed by atoms with Crippen molar-refractivity contribution in [1.82, 2.24) is 0 Å². The third kappa shape index (κ3) is 12.6. The van der Waals surface area contributed by atoms with Gasteiger partial charge in [0.1, 0.15) is 0 Å². The van der Waals surface area contributed by atoms with Gasteiger partial charge in [-0.25, -0.2) is 0 Å². The Kier molecular flexibility index (Phi) is 8.23. The van der Waals surface area contributed by atoms with Gasteiger partial charge in [0.25, 0.3) is 0 Å². The van der Waals surface area contributed by atoms with E-state index in [1.54, 1.807) is 13.8 Å². The molecule has 0 aliphatic carbocycles. The molecule has 0 aromatic heterocycles. The van der Waals surface area contributed by atoms with Crippen molar-refractivity contribution in [3.63, 3.8) is 0 Å². The Labute approximate surface area is 122 Å².